The predicted molar refractivity (Wildman–Crippen MR) is 64.6 cm³/mol. The van der Waals surface area contributed by atoms with Gasteiger partial charge in [-0.25, -0.2) is 0 Å². The van der Waals surface area contributed by atoms with Crippen molar-refractivity contribution in [1.29, 1.82) is 0 Å². The zero-order valence-corrected chi connectivity index (χ0v) is 9.41. The van der Waals surface area contributed by atoms with Crippen molar-refractivity contribution in [3.05, 3.63) is 59.0 Å². The SMILES string of the molecule is c1ccc(Cc2cc3c(o2)CCCC3)cc1. The number of rotatable bonds is 2. The van der Waals surface area contributed by atoms with Gasteiger partial charge >= 0.3 is 0 Å². The van der Waals surface area contributed by atoms with Crippen LogP contribution in [0, 0.1) is 0 Å². The molecule has 1 aliphatic rings. The van der Waals surface area contributed by atoms with Crippen LogP contribution in [0.25, 0.3) is 0 Å². The third kappa shape index (κ3) is 1.90. The van der Waals surface area contributed by atoms with Gasteiger partial charge in [0.1, 0.15) is 11.5 Å². The molecule has 0 atom stereocenters. The molecule has 0 unspecified atom stereocenters. The normalized spacial score (nSPS) is 14.8. The Labute approximate surface area is 96.1 Å². The van der Waals surface area contributed by atoms with Crippen LogP contribution >= 0.6 is 0 Å². The Morgan fingerprint density at radius 1 is 1.00 bits per heavy atom. The van der Waals surface area contributed by atoms with Crippen LogP contribution in [0.2, 0.25) is 0 Å². The first kappa shape index (κ1) is 9.71. The van der Waals surface area contributed by atoms with Gasteiger partial charge < -0.3 is 4.42 Å². The molecule has 1 aliphatic carbocycles. The predicted octanol–water partition coefficient (Wildman–Crippen LogP) is 3.75. The second kappa shape index (κ2) is 4.17. The van der Waals surface area contributed by atoms with Crippen LogP contribution in [0.1, 0.15) is 35.5 Å². The first-order valence-corrected chi connectivity index (χ1v) is 6.06. The molecule has 0 saturated carbocycles. The Kier molecular flexibility index (Phi) is 2.53. The second-order valence-electron chi connectivity index (χ2n) is 4.53. The molecule has 0 fully saturated rings. The average Bonchev–Trinajstić information content (AvgIpc) is 2.72. The van der Waals surface area contributed by atoms with Crippen molar-refractivity contribution in [3.8, 4) is 0 Å². The lowest BCUT2D eigenvalue weighted by atomic mass is 9.98. The number of hydrogen-bond donors (Lipinski definition) is 0. The summed E-state index contributed by atoms with van der Waals surface area (Å²) in [6, 6.07) is 12.8. The van der Waals surface area contributed by atoms with Gasteiger partial charge in [0.25, 0.3) is 0 Å². The van der Waals surface area contributed by atoms with Crippen molar-refractivity contribution in [3.63, 3.8) is 0 Å². The monoisotopic (exact) mass is 212 g/mol. The molecule has 0 N–H and O–H groups in total. The molecule has 1 aromatic heterocycles. The van der Waals surface area contributed by atoms with E-state index in [2.05, 4.69) is 36.4 Å². The fraction of sp³-hybridized carbons (Fsp3) is 0.333. The number of furan rings is 1. The molecule has 1 heteroatoms. The lowest BCUT2D eigenvalue weighted by molar-refractivity contribution is 0.450. The second-order valence-corrected chi connectivity index (χ2v) is 4.53. The van der Waals surface area contributed by atoms with Crippen molar-refractivity contribution in [1.82, 2.24) is 0 Å². The summed E-state index contributed by atoms with van der Waals surface area (Å²) in [6.45, 7) is 0. The van der Waals surface area contributed by atoms with Gasteiger partial charge in [0.2, 0.25) is 0 Å². The molecule has 0 spiro atoms. The van der Waals surface area contributed by atoms with Gasteiger partial charge in [-0.15, -0.1) is 0 Å². The Morgan fingerprint density at radius 2 is 1.81 bits per heavy atom. The van der Waals surface area contributed by atoms with Crippen LogP contribution < -0.4 is 0 Å². The van der Waals surface area contributed by atoms with Crippen LogP contribution in [0.5, 0.6) is 0 Å². The highest BCUT2D eigenvalue weighted by Gasteiger charge is 2.14. The van der Waals surface area contributed by atoms with Crippen LogP contribution in [0.3, 0.4) is 0 Å². The maximum atomic E-state index is 5.91. The van der Waals surface area contributed by atoms with E-state index in [-0.39, 0.29) is 0 Å². The quantitative estimate of drug-likeness (QED) is 0.739. The van der Waals surface area contributed by atoms with Crippen LogP contribution in [-0.4, -0.2) is 0 Å². The average molecular weight is 212 g/mol. The summed E-state index contributed by atoms with van der Waals surface area (Å²) in [5, 5.41) is 0. The molecule has 1 aromatic carbocycles. The minimum atomic E-state index is 0.924. The number of benzene rings is 1. The highest BCUT2D eigenvalue weighted by molar-refractivity contribution is 5.28. The van der Waals surface area contributed by atoms with Crippen LogP contribution in [0.4, 0.5) is 0 Å². The Morgan fingerprint density at radius 3 is 2.62 bits per heavy atom. The summed E-state index contributed by atoms with van der Waals surface area (Å²) in [4.78, 5) is 0. The van der Waals surface area contributed by atoms with Gasteiger partial charge in [0, 0.05) is 12.8 Å². The largest absolute Gasteiger partial charge is 0.465 e. The summed E-state index contributed by atoms with van der Waals surface area (Å²) < 4.78 is 5.91. The van der Waals surface area contributed by atoms with Crippen molar-refractivity contribution in [2.45, 2.75) is 32.1 Å². The zero-order chi connectivity index (χ0) is 10.8. The van der Waals surface area contributed by atoms with E-state index in [9.17, 15) is 0 Å². The molecule has 0 radical (unpaired) electrons. The summed E-state index contributed by atoms with van der Waals surface area (Å²) >= 11 is 0. The van der Waals surface area contributed by atoms with Gasteiger partial charge in [0.15, 0.2) is 0 Å². The molecule has 0 aliphatic heterocycles. The van der Waals surface area contributed by atoms with Gasteiger partial charge in [-0.1, -0.05) is 30.3 Å². The van der Waals surface area contributed by atoms with E-state index >= 15 is 0 Å². The highest BCUT2D eigenvalue weighted by Crippen LogP contribution is 2.25. The molecule has 1 nitrogen and oxygen atoms in total. The van der Waals surface area contributed by atoms with E-state index in [1.807, 2.05) is 0 Å². The van der Waals surface area contributed by atoms with E-state index in [1.165, 1.54) is 36.1 Å². The van der Waals surface area contributed by atoms with E-state index in [4.69, 9.17) is 4.42 Å². The summed E-state index contributed by atoms with van der Waals surface area (Å²) in [5.41, 5.74) is 2.77. The van der Waals surface area contributed by atoms with Crippen molar-refractivity contribution >= 4 is 0 Å². The number of hydrogen-bond acceptors (Lipinski definition) is 1. The first-order chi connectivity index (χ1) is 7.92. The highest BCUT2D eigenvalue weighted by atomic mass is 16.3. The van der Waals surface area contributed by atoms with Crippen molar-refractivity contribution in [2.24, 2.45) is 0 Å². The Bertz CT molecular complexity index is 444. The van der Waals surface area contributed by atoms with Gasteiger partial charge in [-0.05, 0) is 36.5 Å². The standard InChI is InChI=1S/C15H16O/c1-2-6-12(7-3-1)10-14-11-13-8-4-5-9-15(13)16-14/h1-3,6-7,11H,4-5,8-10H2. The van der Waals surface area contributed by atoms with Gasteiger partial charge in [-0.2, -0.15) is 0 Å². The minimum absolute atomic E-state index is 0.924. The molecule has 82 valence electrons. The van der Waals surface area contributed by atoms with Gasteiger partial charge in [-0.3, -0.25) is 0 Å². The van der Waals surface area contributed by atoms with E-state index in [0.29, 0.717) is 0 Å². The third-order valence-electron chi connectivity index (χ3n) is 3.27. The molecule has 0 amide bonds. The first-order valence-electron chi connectivity index (χ1n) is 6.06. The third-order valence-corrected chi connectivity index (χ3v) is 3.27. The molecular formula is C15H16O. The zero-order valence-electron chi connectivity index (χ0n) is 9.41. The smallest absolute Gasteiger partial charge is 0.108 e. The van der Waals surface area contributed by atoms with E-state index in [0.717, 1.165) is 18.6 Å². The van der Waals surface area contributed by atoms with Crippen LogP contribution in [-0.2, 0) is 19.3 Å². The molecule has 2 aromatic rings. The van der Waals surface area contributed by atoms with Crippen molar-refractivity contribution in [2.75, 3.05) is 0 Å². The number of aryl methyl sites for hydroxylation is 2. The van der Waals surface area contributed by atoms with E-state index in [1.54, 1.807) is 0 Å². The maximum Gasteiger partial charge on any atom is 0.108 e. The fourth-order valence-electron chi connectivity index (χ4n) is 2.44. The molecule has 16 heavy (non-hydrogen) atoms. The summed E-state index contributed by atoms with van der Waals surface area (Å²) in [5.74, 6) is 2.36. The molecule has 0 bridgehead atoms. The topological polar surface area (TPSA) is 13.1 Å². The minimum Gasteiger partial charge on any atom is -0.465 e. The summed E-state index contributed by atoms with van der Waals surface area (Å²) in [7, 11) is 0. The lowest BCUT2D eigenvalue weighted by Crippen LogP contribution is -1.97. The number of fused-ring (bicyclic) bond motifs is 1. The fourth-order valence-corrected chi connectivity index (χ4v) is 2.44. The van der Waals surface area contributed by atoms with E-state index < -0.39 is 0 Å². The summed E-state index contributed by atoms with van der Waals surface area (Å²) in [6.07, 6.45) is 5.86. The van der Waals surface area contributed by atoms with Crippen LogP contribution in [0.15, 0.2) is 40.8 Å². The van der Waals surface area contributed by atoms with Gasteiger partial charge in [0.05, 0.1) is 0 Å². The van der Waals surface area contributed by atoms with Crippen molar-refractivity contribution < 1.29 is 4.42 Å². The maximum absolute atomic E-state index is 5.91. The molecule has 3 rings (SSSR count). The molecule has 0 saturated heterocycles. The molecule has 1 heterocycles. The lowest BCUT2D eigenvalue weighted by Gasteiger charge is -2.07. The Hall–Kier alpha value is -1.50. The molecular weight excluding hydrogens is 196 g/mol. The Balaban J connectivity index is 1.83.